The molecule has 0 spiro atoms. The Morgan fingerprint density at radius 1 is 1.43 bits per heavy atom. The van der Waals surface area contributed by atoms with Gasteiger partial charge in [0, 0.05) is 30.9 Å². The molecule has 0 radical (unpaired) electrons. The second-order valence-corrected chi connectivity index (χ2v) is 6.57. The topological polar surface area (TPSA) is 87.9 Å². The van der Waals surface area contributed by atoms with Crippen LogP contribution in [0.2, 0.25) is 10.0 Å². The standard InChI is InChI=1S/C15H17Cl2N5O/c16-10-4-11(17)14(19-6-10)8-22-3-1-2-9(7-22)12-5-13(15(18)23)21-20-12/h4-6,9H,1-3,7-8H2,(H2,18,23)(H,20,21). The van der Waals surface area contributed by atoms with Crippen molar-refractivity contribution in [1.29, 1.82) is 0 Å². The van der Waals surface area contributed by atoms with E-state index in [4.69, 9.17) is 28.9 Å². The third-order valence-corrected chi connectivity index (χ3v) is 4.59. The van der Waals surface area contributed by atoms with Gasteiger partial charge in [0.05, 0.1) is 15.7 Å². The van der Waals surface area contributed by atoms with Gasteiger partial charge in [-0.25, -0.2) is 0 Å². The van der Waals surface area contributed by atoms with E-state index in [1.807, 2.05) is 0 Å². The molecule has 3 N–H and O–H groups in total. The third kappa shape index (κ3) is 3.83. The number of H-pyrrole nitrogens is 1. The van der Waals surface area contributed by atoms with E-state index in [2.05, 4.69) is 20.1 Å². The van der Waals surface area contributed by atoms with Crippen molar-refractivity contribution in [3.63, 3.8) is 0 Å². The van der Waals surface area contributed by atoms with Crippen molar-refractivity contribution in [2.24, 2.45) is 5.73 Å². The molecule has 1 saturated heterocycles. The number of likely N-dealkylation sites (tertiary alicyclic amines) is 1. The number of carbonyl (C=O) groups is 1. The molecule has 0 aliphatic carbocycles. The molecule has 122 valence electrons. The minimum absolute atomic E-state index is 0.277. The lowest BCUT2D eigenvalue weighted by atomic mass is 9.94. The quantitative estimate of drug-likeness (QED) is 0.883. The summed E-state index contributed by atoms with van der Waals surface area (Å²) in [6.07, 6.45) is 3.71. The van der Waals surface area contributed by atoms with Crippen molar-refractivity contribution < 1.29 is 4.79 Å². The summed E-state index contributed by atoms with van der Waals surface area (Å²) in [5, 5.41) is 8.00. The number of rotatable bonds is 4. The number of carbonyl (C=O) groups excluding carboxylic acids is 1. The lowest BCUT2D eigenvalue weighted by Crippen LogP contribution is -2.34. The maximum absolute atomic E-state index is 11.2. The van der Waals surface area contributed by atoms with E-state index in [0.29, 0.717) is 16.6 Å². The molecule has 1 fully saturated rings. The van der Waals surface area contributed by atoms with Crippen molar-refractivity contribution in [3.05, 3.63) is 45.5 Å². The predicted octanol–water partition coefficient (Wildman–Crippen LogP) is 2.59. The zero-order valence-electron chi connectivity index (χ0n) is 12.4. The smallest absolute Gasteiger partial charge is 0.269 e. The van der Waals surface area contributed by atoms with Crippen LogP contribution < -0.4 is 5.73 Å². The fourth-order valence-corrected chi connectivity index (χ4v) is 3.34. The van der Waals surface area contributed by atoms with Gasteiger partial charge in [0.25, 0.3) is 5.91 Å². The Labute approximate surface area is 144 Å². The van der Waals surface area contributed by atoms with E-state index in [-0.39, 0.29) is 11.6 Å². The molecule has 6 nitrogen and oxygen atoms in total. The van der Waals surface area contributed by atoms with Crippen LogP contribution in [0.5, 0.6) is 0 Å². The van der Waals surface area contributed by atoms with E-state index < -0.39 is 5.91 Å². The summed E-state index contributed by atoms with van der Waals surface area (Å²) in [6.45, 7) is 2.50. The lowest BCUT2D eigenvalue weighted by molar-refractivity contribution is 0.0995. The summed E-state index contributed by atoms with van der Waals surface area (Å²) in [5.74, 6) is -0.229. The van der Waals surface area contributed by atoms with Crippen LogP contribution in [-0.4, -0.2) is 39.1 Å². The fraction of sp³-hybridized carbons (Fsp3) is 0.400. The second kappa shape index (κ2) is 6.86. The molecular formula is C15H17Cl2N5O. The molecular weight excluding hydrogens is 337 g/mol. The number of aromatic amines is 1. The Kier molecular flexibility index (Phi) is 4.84. The molecule has 1 aliphatic heterocycles. The summed E-state index contributed by atoms with van der Waals surface area (Å²) in [6, 6.07) is 3.45. The average molecular weight is 354 g/mol. The molecule has 23 heavy (non-hydrogen) atoms. The molecule has 1 unspecified atom stereocenters. The number of halogens is 2. The first-order valence-corrected chi connectivity index (χ1v) is 8.16. The van der Waals surface area contributed by atoms with Crippen molar-refractivity contribution in [3.8, 4) is 0 Å². The number of nitrogens with one attached hydrogen (secondary N) is 1. The Morgan fingerprint density at radius 3 is 2.96 bits per heavy atom. The average Bonchev–Trinajstić information content (AvgIpc) is 3.01. The van der Waals surface area contributed by atoms with E-state index >= 15 is 0 Å². The number of nitrogens with zero attached hydrogens (tertiary/aromatic N) is 3. The zero-order chi connectivity index (χ0) is 16.4. The minimum atomic E-state index is -0.516. The third-order valence-electron chi connectivity index (χ3n) is 4.05. The highest BCUT2D eigenvalue weighted by molar-refractivity contribution is 6.34. The van der Waals surface area contributed by atoms with Gasteiger partial charge < -0.3 is 5.73 Å². The van der Waals surface area contributed by atoms with Crippen molar-refractivity contribution in [2.75, 3.05) is 13.1 Å². The zero-order valence-corrected chi connectivity index (χ0v) is 13.9. The summed E-state index contributed by atoms with van der Waals surface area (Å²) in [4.78, 5) is 17.8. The largest absolute Gasteiger partial charge is 0.364 e. The number of amides is 1. The molecule has 2 aromatic rings. The molecule has 1 amide bonds. The number of nitrogens with two attached hydrogens (primary N) is 1. The van der Waals surface area contributed by atoms with Gasteiger partial charge in [0.2, 0.25) is 0 Å². The van der Waals surface area contributed by atoms with E-state index in [1.165, 1.54) is 0 Å². The number of hydrogen-bond acceptors (Lipinski definition) is 4. The van der Waals surface area contributed by atoms with Gasteiger partial charge in [-0.15, -0.1) is 0 Å². The number of hydrogen-bond donors (Lipinski definition) is 2. The molecule has 3 rings (SSSR count). The Morgan fingerprint density at radius 2 is 2.26 bits per heavy atom. The van der Waals surface area contributed by atoms with Crippen LogP contribution in [0.25, 0.3) is 0 Å². The van der Waals surface area contributed by atoms with Gasteiger partial charge in [-0.3, -0.25) is 19.8 Å². The first-order valence-electron chi connectivity index (χ1n) is 7.40. The maximum atomic E-state index is 11.2. The summed E-state index contributed by atoms with van der Waals surface area (Å²) in [5.41, 5.74) is 7.29. The van der Waals surface area contributed by atoms with Gasteiger partial charge in [0.1, 0.15) is 5.69 Å². The monoisotopic (exact) mass is 353 g/mol. The second-order valence-electron chi connectivity index (χ2n) is 5.73. The first kappa shape index (κ1) is 16.2. The highest BCUT2D eigenvalue weighted by Gasteiger charge is 2.24. The first-order chi connectivity index (χ1) is 11.0. The Hall–Kier alpha value is -1.63. The molecule has 1 atom stereocenters. The molecule has 2 aromatic heterocycles. The number of pyridine rings is 1. The number of primary amides is 1. The van der Waals surface area contributed by atoms with Crippen LogP contribution >= 0.6 is 23.2 Å². The van der Waals surface area contributed by atoms with E-state index in [0.717, 1.165) is 37.3 Å². The summed E-state index contributed by atoms with van der Waals surface area (Å²) in [7, 11) is 0. The molecule has 1 aliphatic rings. The minimum Gasteiger partial charge on any atom is -0.364 e. The van der Waals surface area contributed by atoms with E-state index in [9.17, 15) is 4.79 Å². The molecule has 0 bridgehead atoms. The van der Waals surface area contributed by atoms with Gasteiger partial charge in [0.15, 0.2) is 0 Å². The van der Waals surface area contributed by atoms with Gasteiger partial charge in [-0.1, -0.05) is 23.2 Å². The van der Waals surface area contributed by atoms with E-state index in [1.54, 1.807) is 18.3 Å². The van der Waals surface area contributed by atoms with Crippen LogP contribution in [-0.2, 0) is 6.54 Å². The number of aromatic nitrogens is 3. The van der Waals surface area contributed by atoms with Crippen LogP contribution in [0.15, 0.2) is 18.3 Å². The van der Waals surface area contributed by atoms with Crippen LogP contribution in [0.3, 0.4) is 0 Å². The fourth-order valence-electron chi connectivity index (χ4n) is 2.90. The Balaban J connectivity index is 1.69. The van der Waals surface area contributed by atoms with Crippen LogP contribution in [0.4, 0.5) is 0 Å². The van der Waals surface area contributed by atoms with Crippen molar-refractivity contribution in [1.82, 2.24) is 20.1 Å². The molecule has 3 heterocycles. The number of piperidine rings is 1. The van der Waals surface area contributed by atoms with Crippen molar-refractivity contribution in [2.45, 2.75) is 25.3 Å². The SMILES string of the molecule is NC(=O)c1cc(C2CCCN(Cc3ncc(Cl)cc3Cl)C2)[nH]n1. The normalized spacial score (nSPS) is 19.0. The highest BCUT2D eigenvalue weighted by Crippen LogP contribution is 2.28. The molecule has 0 saturated carbocycles. The van der Waals surface area contributed by atoms with Crippen LogP contribution in [0.1, 0.15) is 40.6 Å². The van der Waals surface area contributed by atoms with Crippen molar-refractivity contribution >= 4 is 29.1 Å². The molecule has 8 heteroatoms. The van der Waals surface area contributed by atoms with Gasteiger partial charge >= 0.3 is 0 Å². The predicted molar refractivity (Wildman–Crippen MR) is 88.6 cm³/mol. The van der Waals surface area contributed by atoms with Crippen LogP contribution in [0, 0.1) is 0 Å². The van der Waals surface area contributed by atoms with Gasteiger partial charge in [-0.2, -0.15) is 5.10 Å². The highest BCUT2D eigenvalue weighted by atomic mass is 35.5. The lowest BCUT2D eigenvalue weighted by Gasteiger charge is -2.32. The Bertz CT molecular complexity index is 718. The summed E-state index contributed by atoms with van der Waals surface area (Å²) < 4.78 is 0. The van der Waals surface area contributed by atoms with Gasteiger partial charge in [-0.05, 0) is 31.5 Å². The maximum Gasteiger partial charge on any atom is 0.269 e. The molecule has 0 aromatic carbocycles. The summed E-state index contributed by atoms with van der Waals surface area (Å²) >= 11 is 12.1.